The molecule has 78 valence electrons. The second-order valence-electron chi connectivity index (χ2n) is 3.53. The Morgan fingerprint density at radius 3 is 2.20 bits per heavy atom. The molecule has 0 N–H and O–H groups in total. The van der Waals surface area contributed by atoms with Gasteiger partial charge < -0.3 is 9.80 Å². The Morgan fingerprint density at radius 2 is 1.60 bits per heavy atom. The minimum atomic E-state index is -0.0230. The van der Waals surface area contributed by atoms with Gasteiger partial charge in [-0.25, -0.2) is 0 Å². The van der Waals surface area contributed by atoms with E-state index in [1.54, 1.807) is 0 Å². The zero-order chi connectivity index (χ0) is 10.7. The van der Waals surface area contributed by atoms with Crippen LogP contribution in [0.15, 0.2) is 53.0 Å². The molecular formula is C11H14N4. The molecule has 2 rings (SSSR count). The number of azo groups is 1. The molecule has 1 heterocycles. The van der Waals surface area contributed by atoms with Crippen LogP contribution in [-0.2, 0) is 0 Å². The van der Waals surface area contributed by atoms with Gasteiger partial charge in [0.2, 0.25) is 6.29 Å². The zero-order valence-corrected chi connectivity index (χ0v) is 8.91. The first kappa shape index (κ1) is 9.71. The smallest absolute Gasteiger partial charge is 0.217 e. The molecule has 0 bridgehead atoms. The SMILES string of the molecule is CN1C=CN(C)C1N=Nc1ccccc1. The number of hydrogen-bond acceptors (Lipinski definition) is 4. The van der Waals surface area contributed by atoms with Gasteiger partial charge >= 0.3 is 0 Å². The Kier molecular flexibility index (Phi) is 2.67. The number of nitrogens with zero attached hydrogens (tertiary/aromatic N) is 4. The standard InChI is InChI=1S/C11H14N4/c1-14-8-9-15(2)11(14)13-12-10-6-4-3-5-7-10/h3-9,11H,1-2H3. The molecule has 0 unspecified atom stereocenters. The maximum atomic E-state index is 4.27. The van der Waals surface area contributed by atoms with Gasteiger partial charge in [-0.15, -0.1) is 5.11 Å². The van der Waals surface area contributed by atoms with Crippen LogP contribution >= 0.6 is 0 Å². The third-order valence-electron chi connectivity index (χ3n) is 2.30. The van der Waals surface area contributed by atoms with Gasteiger partial charge in [0.25, 0.3) is 0 Å². The molecule has 0 aromatic heterocycles. The van der Waals surface area contributed by atoms with Crippen LogP contribution in [0.5, 0.6) is 0 Å². The summed E-state index contributed by atoms with van der Waals surface area (Å²) in [5.74, 6) is 0. The second-order valence-corrected chi connectivity index (χ2v) is 3.53. The summed E-state index contributed by atoms with van der Waals surface area (Å²) in [6.07, 6.45) is 3.94. The van der Waals surface area contributed by atoms with Gasteiger partial charge in [0.15, 0.2) is 0 Å². The lowest BCUT2D eigenvalue weighted by Gasteiger charge is -2.21. The van der Waals surface area contributed by atoms with Crippen molar-refractivity contribution in [3.63, 3.8) is 0 Å². The molecule has 15 heavy (non-hydrogen) atoms. The topological polar surface area (TPSA) is 31.2 Å². The van der Waals surface area contributed by atoms with E-state index in [4.69, 9.17) is 0 Å². The van der Waals surface area contributed by atoms with Crippen LogP contribution < -0.4 is 0 Å². The van der Waals surface area contributed by atoms with E-state index >= 15 is 0 Å². The Morgan fingerprint density at radius 1 is 1.00 bits per heavy atom. The summed E-state index contributed by atoms with van der Waals surface area (Å²) in [6.45, 7) is 0. The molecule has 0 aliphatic carbocycles. The summed E-state index contributed by atoms with van der Waals surface area (Å²) in [7, 11) is 3.96. The zero-order valence-electron chi connectivity index (χ0n) is 8.91. The molecular weight excluding hydrogens is 188 g/mol. The molecule has 0 radical (unpaired) electrons. The fourth-order valence-electron chi connectivity index (χ4n) is 1.43. The van der Waals surface area contributed by atoms with Crippen LogP contribution in [0, 0.1) is 0 Å². The maximum Gasteiger partial charge on any atom is 0.217 e. The number of benzene rings is 1. The Labute approximate surface area is 89.5 Å². The molecule has 0 saturated heterocycles. The van der Waals surface area contributed by atoms with Gasteiger partial charge in [-0.2, -0.15) is 5.11 Å². The van der Waals surface area contributed by atoms with Crippen LogP contribution in [-0.4, -0.2) is 30.2 Å². The summed E-state index contributed by atoms with van der Waals surface area (Å²) in [4.78, 5) is 4.01. The predicted octanol–water partition coefficient (Wildman–Crippen LogP) is 2.40. The summed E-state index contributed by atoms with van der Waals surface area (Å²) in [5.41, 5.74) is 0.881. The Hall–Kier alpha value is -1.84. The largest absolute Gasteiger partial charge is 0.340 e. The minimum Gasteiger partial charge on any atom is -0.340 e. The predicted molar refractivity (Wildman–Crippen MR) is 59.4 cm³/mol. The molecule has 0 saturated carbocycles. The normalized spacial score (nSPS) is 16.9. The third-order valence-corrected chi connectivity index (χ3v) is 2.30. The lowest BCUT2D eigenvalue weighted by Crippen LogP contribution is -2.31. The van der Waals surface area contributed by atoms with E-state index in [0.29, 0.717) is 0 Å². The Bertz CT molecular complexity index is 359. The van der Waals surface area contributed by atoms with E-state index < -0.39 is 0 Å². The number of hydrogen-bond donors (Lipinski definition) is 0. The molecule has 0 amide bonds. The molecule has 0 fully saturated rings. The van der Waals surface area contributed by atoms with Crippen molar-refractivity contribution in [2.75, 3.05) is 14.1 Å². The van der Waals surface area contributed by atoms with Crippen molar-refractivity contribution in [1.29, 1.82) is 0 Å². The molecule has 4 heteroatoms. The minimum absolute atomic E-state index is 0.0230. The summed E-state index contributed by atoms with van der Waals surface area (Å²) in [6, 6.07) is 9.75. The summed E-state index contributed by atoms with van der Waals surface area (Å²) < 4.78 is 0. The first-order valence-corrected chi connectivity index (χ1v) is 4.85. The fraction of sp³-hybridized carbons (Fsp3) is 0.273. The third kappa shape index (κ3) is 2.15. The monoisotopic (exact) mass is 202 g/mol. The van der Waals surface area contributed by atoms with Crippen LogP contribution in [0.25, 0.3) is 0 Å². The van der Waals surface area contributed by atoms with Crippen molar-refractivity contribution in [2.24, 2.45) is 10.2 Å². The van der Waals surface area contributed by atoms with Crippen molar-refractivity contribution < 1.29 is 0 Å². The first-order valence-electron chi connectivity index (χ1n) is 4.85. The van der Waals surface area contributed by atoms with Gasteiger partial charge in [0.1, 0.15) is 0 Å². The average molecular weight is 202 g/mol. The molecule has 1 aromatic carbocycles. The van der Waals surface area contributed by atoms with Crippen molar-refractivity contribution in [3.05, 3.63) is 42.7 Å². The second kappa shape index (κ2) is 4.13. The highest BCUT2D eigenvalue weighted by Gasteiger charge is 2.18. The van der Waals surface area contributed by atoms with Crippen LogP contribution in [0.3, 0.4) is 0 Å². The maximum absolute atomic E-state index is 4.27. The lowest BCUT2D eigenvalue weighted by molar-refractivity contribution is 0.206. The Balaban J connectivity index is 2.06. The molecule has 1 aliphatic heterocycles. The molecule has 1 aromatic rings. The van der Waals surface area contributed by atoms with Gasteiger partial charge in [-0.05, 0) is 12.1 Å². The van der Waals surface area contributed by atoms with Crippen LogP contribution in [0.4, 0.5) is 5.69 Å². The number of rotatable bonds is 2. The van der Waals surface area contributed by atoms with Crippen molar-refractivity contribution in [3.8, 4) is 0 Å². The van der Waals surface area contributed by atoms with Crippen molar-refractivity contribution in [2.45, 2.75) is 6.29 Å². The lowest BCUT2D eigenvalue weighted by atomic mass is 10.3. The van der Waals surface area contributed by atoms with Gasteiger partial charge in [0.05, 0.1) is 5.69 Å². The van der Waals surface area contributed by atoms with E-state index in [2.05, 4.69) is 10.2 Å². The molecule has 0 spiro atoms. The van der Waals surface area contributed by atoms with Gasteiger partial charge in [-0.1, -0.05) is 18.2 Å². The molecule has 0 atom stereocenters. The van der Waals surface area contributed by atoms with Crippen molar-refractivity contribution in [1.82, 2.24) is 9.80 Å². The summed E-state index contributed by atoms with van der Waals surface area (Å²) in [5, 5.41) is 8.46. The van der Waals surface area contributed by atoms with Crippen LogP contribution in [0.1, 0.15) is 0 Å². The van der Waals surface area contributed by atoms with Gasteiger partial charge in [-0.3, -0.25) is 0 Å². The molecule has 4 nitrogen and oxygen atoms in total. The van der Waals surface area contributed by atoms with E-state index in [1.807, 2.05) is 66.6 Å². The highest BCUT2D eigenvalue weighted by Crippen LogP contribution is 2.16. The highest BCUT2D eigenvalue weighted by molar-refractivity contribution is 5.34. The average Bonchev–Trinajstić information content (AvgIpc) is 2.58. The highest BCUT2D eigenvalue weighted by atomic mass is 15.5. The van der Waals surface area contributed by atoms with E-state index in [1.165, 1.54) is 0 Å². The van der Waals surface area contributed by atoms with Crippen molar-refractivity contribution >= 4 is 5.69 Å². The summed E-state index contributed by atoms with van der Waals surface area (Å²) >= 11 is 0. The van der Waals surface area contributed by atoms with Crippen LogP contribution in [0.2, 0.25) is 0 Å². The van der Waals surface area contributed by atoms with Gasteiger partial charge in [0, 0.05) is 26.5 Å². The molecule has 1 aliphatic rings. The fourth-order valence-corrected chi connectivity index (χ4v) is 1.43. The van der Waals surface area contributed by atoms with E-state index in [0.717, 1.165) is 5.69 Å². The quantitative estimate of drug-likeness (QED) is 0.689. The van der Waals surface area contributed by atoms with E-state index in [-0.39, 0.29) is 6.29 Å². The van der Waals surface area contributed by atoms with E-state index in [9.17, 15) is 0 Å². The first-order chi connectivity index (χ1) is 7.27.